The van der Waals surface area contributed by atoms with E-state index in [2.05, 4.69) is 38.8 Å². The van der Waals surface area contributed by atoms with Gasteiger partial charge in [-0.25, -0.2) is 0 Å². The van der Waals surface area contributed by atoms with Gasteiger partial charge in [0.2, 0.25) is 0 Å². The molecule has 5 heteroatoms. The Morgan fingerprint density at radius 1 is 1.58 bits per heavy atom. The summed E-state index contributed by atoms with van der Waals surface area (Å²) in [5.74, 6) is 0. The van der Waals surface area contributed by atoms with Crippen molar-refractivity contribution in [2.24, 2.45) is 5.73 Å². The van der Waals surface area contributed by atoms with Crippen LogP contribution in [0.25, 0.3) is 0 Å². The van der Waals surface area contributed by atoms with Gasteiger partial charge in [-0.15, -0.1) is 0 Å². The van der Waals surface area contributed by atoms with Crippen molar-refractivity contribution in [3.8, 4) is 0 Å². The quantitative estimate of drug-likeness (QED) is 0.901. The number of ether oxygens (including phenoxy) is 1. The van der Waals surface area contributed by atoms with Gasteiger partial charge in [0.1, 0.15) is 0 Å². The Balaban J connectivity index is 2.08. The molecule has 0 saturated carbocycles. The molecule has 1 fully saturated rings. The number of nitrogens with two attached hydrogens (primary N) is 1. The number of hydrogen-bond donors (Lipinski definition) is 1. The van der Waals surface area contributed by atoms with E-state index < -0.39 is 0 Å². The Kier molecular flexibility index (Phi) is 5.76. The van der Waals surface area contributed by atoms with Crippen LogP contribution in [-0.4, -0.2) is 42.2 Å². The highest BCUT2D eigenvalue weighted by atomic mass is 79.9. The van der Waals surface area contributed by atoms with E-state index in [4.69, 9.17) is 10.5 Å². The van der Waals surface area contributed by atoms with Crippen molar-refractivity contribution in [2.75, 3.05) is 26.2 Å². The van der Waals surface area contributed by atoms with Gasteiger partial charge in [0.05, 0.1) is 6.10 Å². The Labute approximate surface area is 123 Å². The van der Waals surface area contributed by atoms with E-state index in [0.29, 0.717) is 12.6 Å². The summed E-state index contributed by atoms with van der Waals surface area (Å²) in [5.41, 5.74) is 7.15. The molecule has 0 radical (unpaired) electrons. The lowest BCUT2D eigenvalue weighted by molar-refractivity contribution is -0.00664. The summed E-state index contributed by atoms with van der Waals surface area (Å²) in [5, 5.41) is 0. The number of piperidine rings is 1. The molecule has 2 rings (SSSR count). The first-order valence-electron chi connectivity index (χ1n) is 6.90. The zero-order valence-electron chi connectivity index (χ0n) is 11.4. The number of nitrogens with zero attached hydrogens (tertiary/aromatic N) is 2. The Hall–Kier alpha value is -0.490. The highest BCUT2D eigenvalue weighted by Crippen LogP contribution is 2.26. The second-order valence-corrected chi connectivity index (χ2v) is 5.82. The molecule has 0 aliphatic carbocycles. The molecule has 4 nitrogen and oxygen atoms in total. The second kappa shape index (κ2) is 7.33. The summed E-state index contributed by atoms with van der Waals surface area (Å²) in [6.07, 6.45) is 6.37. The third kappa shape index (κ3) is 3.99. The zero-order valence-corrected chi connectivity index (χ0v) is 13.0. The molecule has 1 aliphatic rings. The number of aromatic nitrogens is 1. The van der Waals surface area contributed by atoms with E-state index >= 15 is 0 Å². The minimum atomic E-state index is 0.230. The predicted octanol–water partition coefficient (Wildman–Crippen LogP) is 2.34. The topological polar surface area (TPSA) is 51.4 Å². The minimum absolute atomic E-state index is 0.230. The van der Waals surface area contributed by atoms with Gasteiger partial charge >= 0.3 is 0 Å². The van der Waals surface area contributed by atoms with Crippen molar-refractivity contribution >= 4 is 15.9 Å². The molecule has 0 amide bonds. The molecule has 1 aliphatic heterocycles. The average molecular weight is 328 g/mol. The van der Waals surface area contributed by atoms with Crippen LogP contribution in [0.4, 0.5) is 0 Å². The summed E-state index contributed by atoms with van der Waals surface area (Å²) < 4.78 is 6.76. The van der Waals surface area contributed by atoms with Gasteiger partial charge in [0.15, 0.2) is 0 Å². The Bertz CT molecular complexity index is 400. The van der Waals surface area contributed by atoms with Crippen LogP contribution >= 0.6 is 15.9 Å². The van der Waals surface area contributed by atoms with Gasteiger partial charge in [-0.05, 0) is 53.9 Å². The van der Waals surface area contributed by atoms with Crippen LogP contribution in [0.3, 0.4) is 0 Å². The fourth-order valence-electron chi connectivity index (χ4n) is 2.73. The maximum absolute atomic E-state index is 5.98. The van der Waals surface area contributed by atoms with Gasteiger partial charge in [-0.2, -0.15) is 0 Å². The maximum Gasteiger partial charge on any atom is 0.0702 e. The van der Waals surface area contributed by atoms with E-state index in [1.54, 1.807) is 6.20 Å². The predicted molar refractivity (Wildman–Crippen MR) is 80.0 cm³/mol. The van der Waals surface area contributed by atoms with Crippen molar-refractivity contribution in [3.05, 3.63) is 28.5 Å². The van der Waals surface area contributed by atoms with Crippen LogP contribution in [0.2, 0.25) is 0 Å². The molecular formula is C14H22BrN3O. The summed E-state index contributed by atoms with van der Waals surface area (Å²) >= 11 is 3.47. The van der Waals surface area contributed by atoms with Gasteiger partial charge in [-0.1, -0.05) is 0 Å². The van der Waals surface area contributed by atoms with E-state index in [1.807, 2.05) is 6.20 Å². The van der Waals surface area contributed by atoms with Crippen LogP contribution in [-0.2, 0) is 4.74 Å². The van der Waals surface area contributed by atoms with Crippen molar-refractivity contribution in [2.45, 2.75) is 31.9 Å². The molecule has 19 heavy (non-hydrogen) atoms. The van der Waals surface area contributed by atoms with Gasteiger partial charge in [-0.3, -0.25) is 9.88 Å². The van der Waals surface area contributed by atoms with Crippen molar-refractivity contribution in [1.29, 1.82) is 0 Å². The SMILES string of the molecule is CCOC1CCCN(C(CN)c2cncc(Br)c2)C1. The smallest absolute Gasteiger partial charge is 0.0702 e. The van der Waals surface area contributed by atoms with Gasteiger partial charge in [0.25, 0.3) is 0 Å². The lowest BCUT2D eigenvalue weighted by atomic mass is 10.0. The largest absolute Gasteiger partial charge is 0.377 e. The molecule has 2 N–H and O–H groups in total. The molecule has 2 atom stereocenters. The lowest BCUT2D eigenvalue weighted by Crippen LogP contribution is -2.44. The van der Waals surface area contributed by atoms with E-state index in [0.717, 1.165) is 30.6 Å². The standard InChI is InChI=1S/C14H22BrN3O/c1-2-19-13-4-3-5-18(10-13)14(7-16)11-6-12(15)9-17-8-11/h6,8-9,13-14H,2-5,7,10,16H2,1H3. The monoisotopic (exact) mass is 327 g/mol. The molecule has 1 aromatic heterocycles. The average Bonchev–Trinajstić information content (AvgIpc) is 2.41. The van der Waals surface area contributed by atoms with Crippen molar-refractivity contribution in [3.63, 3.8) is 0 Å². The number of halogens is 1. The highest BCUT2D eigenvalue weighted by molar-refractivity contribution is 9.10. The molecular weight excluding hydrogens is 306 g/mol. The van der Waals surface area contributed by atoms with E-state index in [9.17, 15) is 0 Å². The molecule has 1 saturated heterocycles. The second-order valence-electron chi connectivity index (χ2n) is 4.90. The van der Waals surface area contributed by atoms with Crippen LogP contribution in [0.15, 0.2) is 22.9 Å². The number of rotatable bonds is 5. The molecule has 0 bridgehead atoms. The summed E-state index contributed by atoms with van der Waals surface area (Å²) in [6, 6.07) is 2.34. The Morgan fingerprint density at radius 2 is 2.42 bits per heavy atom. The van der Waals surface area contributed by atoms with Crippen molar-refractivity contribution in [1.82, 2.24) is 9.88 Å². The number of likely N-dealkylation sites (tertiary alicyclic amines) is 1. The summed E-state index contributed by atoms with van der Waals surface area (Å²) in [6.45, 7) is 5.49. The maximum atomic E-state index is 5.98. The van der Waals surface area contributed by atoms with Crippen LogP contribution < -0.4 is 5.73 Å². The number of pyridine rings is 1. The summed E-state index contributed by atoms with van der Waals surface area (Å²) in [4.78, 5) is 6.67. The fourth-order valence-corrected chi connectivity index (χ4v) is 3.11. The lowest BCUT2D eigenvalue weighted by Gasteiger charge is -2.37. The first-order chi connectivity index (χ1) is 9.24. The van der Waals surface area contributed by atoms with E-state index in [-0.39, 0.29) is 6.04 Å². The molecule has 1 aromatic rings. The molecule has 2 heterocycles. The summed E-state index contributed by atoms with van der Waals surface area (Å²) in [7, 11) is 0. The zero-order chi connectivity index (χ0) is 13.7. The molecule has 0 aromatic carbocycles. The van der Waals surface area contributed by atoms with Crippen LogP contribution in [0, 0.1) is 0 Å². The third-order valence-electron chi connectivity index (χ3n) is 3.59. The van der Waals surface area contributed by atoms with E-state index in [1.165, 1.54) is 12.0 Å². The van der Waals surface area contributed by atoms with Gasteiger partial charge in [0, 0.05) is 42.6 Å². The van der Waals surface area contributed by atoms with Crippen LogP contribution in [0.1, 0.15) is 31.4 Å². The molecule has 0 spiro atoms. The minimum Gasteiger partial charge on any atom is -0.377 e. The normalized spacial score (nSPS) is 22.4. The van der Waals surface area contributed by atoms with Crippen molar-refractivity contribution < 1.29 is 4.74 Å². The first kappa shape index (κ1) is 14.9. The molecule has 2 unspecified atom stereocenters. The highest BCUT2D eigenvalue weighted by Gasteiger charge is 2.26. The third-order valence-corrected chi connectivity index (χ3v) is 4.02. The Morgan fingerprint density at radius 3 is 3.11 bits per heavy atom. The van der Waals surface area contributed by atoms with Gasteiger partial charge < -0.3 is 10.5 Å². The fraction of sp³-hybridized carbons (Fsp3) is 0.643. The first-order valence-corrected chi connectivity index (χ1v) is 7.70. The molecule has 106 valence electrons. The van der Waals surface area contributed by atoms with Crippen LogP contribution in [0.5, 0.6) is 0 Å². The number of hydrogen-bond acceptors (Lipinski definition) is 4.